The second-order valence-electron chi connectivity index (χ2n) is 6.18. The van der Waals surface area contributed by atoms with Crippen LogP contribution in [0.25, 0.3) is 0 Å². The molecule has 3 rings (SSSR count). The van der Waals surface area contributed by atoms with Crippen molar-refractivity contribution in [2.24, 2.45) is 5.92 Å². The molecule has 3 heteroatoms. The lowest BCUT2D eigenvalue weighted by Gasteiger charge is -2.44. The van der Waals surface area contributed by atoms with Crippen LogP contribution in [0.2, 0.25) is 0 Å². The Morgan fingerprint density at radius 2 is 1.95 bits per heavy atom. The van der Waals surface area contributed by atoms with Crippen molar-refractivity contribution in [3.63, 3.8) is 0 Å². The first-order chi connectivity index (χ1) is 9.76. The summed E-state index contributed by atoms with van der Waals surface area (Å²) < 4.78 is 13.5. The normalized spacial score (nSPS) is 26.8. The van der Waals surface area contributed by atoms with Crippen molar-refractivity contribution < 1.29 is 4.39 Å². The Hall–Kier alpha value is -1.40. The van der Waals surface area contributed by atoms with Gasteiger partial charge in [-0.3, -0.25) is 4.90 Å². The molecule has 1 heterocycles. The molecule has 0 unspecified atom stereocenters. The Bertz CT molecular complexity index is 518. The molecule has 2 nitrogen and oxygen atoms in total. The van der Waals surface area contributed by atoms with E-state index in [1.807, 2.05) is 12.1 Å². The number of nitrogens with zero attached hydrogens (tertiary/aromatic N) is 2. The molecule has 0 radical (unpaired) electrons. The van der Waals surface area contributed by atoms with Crippen LogP contribution >= 0.6 is 0 Å². The molecular weight excluding hydrogens is 251 g/mol. The first kappa shape index (κ1) is 13.6. The van der Waals surface area contributed by atoms with Crippen LogP contribution in [0.4, 0.5) is 4.39 Å². The molecular formula is C17H21FN2. The SMILES string of the molecule is N#Cc1cc(F)cc(CN2CCC[C@H]3CCCC[C@H]32)c1. The van der Waals surface area contributed by atoms with E-state index in [0.717, 1.165) is 24.6 Å². The fourth-order valence-corrected chi connectivity index (χ4v) is 3.96. The van der Waals surface area contributed by atoms with Gasteiger partial charge in [-0.2, -0.15) is 5.26 Å². The van der Waals surface area contributed by atoms with E-state index >= 15 is 0 Å². The standard InChI is InChI=1S/C17H21FN2/c18-16-9-13(11-19)8-14(10-16)12-20-7-3-5-15-4-1-2-6-17(15)20/h8-10,15,17H,1-7,12H2/t15-,17-/m1/s1. The van der Waals surface area contributed by atoms with Crippen molar-refractivity contribution in [3.05, 3.63) is 35.1 Å². The monoisotopic (exact) mass is 272 g/mol. The van der Waals surface area contributed by atoms with Gasteiger partial charge in [0, 0.05) is 12.6 Å². The summed E-state index contributed by atoms with van der Waals surface area (Å²) in [6.45, 7) is 1.90. The second-order valence-corrected chi connectivity index (χ2v) is 6.18. The predicted octanol–water partition coefficient (Wildman–Crippen LogP) is 3.85. The number of nitriles is 1. The molecule has 106 valence electrons. The number of fused-ring (bicyclic) bond motifs is 1. The third-order valence-corrected chi connectivity index (χ3v) is 4.83. The second kappa shape index (κ2) is 5.93. The van der Waals surface area contributed by atoms with E-state index < -0.39 is 0 Å². The van der Waals surface area contributed by atoms with E-state index in [1.54, 1.807) is 6.07 Å². The summed E-state index contributed by atoms with van der Waals surface area (Å²) in [5.74, 6) is 0.540. The van der Waals surface area contributed by atoms with Gasteiger partial charge in [-0.1, -0.05) is 12.8 Å². The van der Waals surface area contributed by atoms with Crippen LogP contribution in [0.3, 0.4) is 0 Å². The van der Waals surface area contributed by atoms with Gasteiger partial charge < -0.3 is 0 Å². The van der Waals surface area contributed by atoms with Crippen LogP contribution in [0.15, 0.2) is 18.2 Å². The number of hydrogen-bond donors (Lipinski definition) is 0. The molecule has 2 aliphatic rings. The quantitative estimate of drug-likeness (QED) is 0.817. The molecule has 20 heavy (non-hydrogen) atoms. The number of hydrogen-bond acceptors (Lipinski definition) is 2. The highest BCUT2D eigenvalue weighted by molar-refractivity contribution is 5.33. The molecule has 0 aromatic heterocycles. The molecule has 1 saturated carbocycles. The van der Waals surface area contributed by atoms with Gasteiger partial charge in [-0.15, -0.1) is 0 Å². The lowest BCUT2D eigenvalue weighted by molar-refractivity contribution is 0.0546. The topological polar surface area (TPSA) is 27.0 Å². The maximum Gasteiger partial charge on any atom is 0.124 e. The van der Waals surface area contributed by atoms with Crippen molar-refractivity contribution >= 4 is 0 Å². The van der Waals surface area contributed by atoms with Crippen molar-refractivity contribution in [2.45, 2.75) is 51.1 Å². The average Bonchev–Trinajstić information content (AvgIpc) is 2.47. The summed E-state index contributed by atoms with van der Waals surface area (Å²) in [5, 5.41) is 8.95. The van der Waals surface area contributed by atoms with Gasteiger partial charge in [0.1, 0.15) is 5.82 Å². The summed E-state index contributed by atoms with van der Waals surface area (Å²) in [4.78, 5) is 2.52. The number of piperidine rings is 1. The van der Waals surface area contributed by atoms with Crippen LogP contribution < -0.4 is 0 Å². The number of rotatable bonds is 2. The molecule has 1 aromatic rings. The highest BCUT2D eigenvalue weighted by Gasteiger charge is 2.32. The van der Waals surface area contributed by atoms with E-state index in [4.69, 9.17) is 5.26 Å². The van der Waals surface area contributed by atoms with E-state index in [0.29, 0.717) is 11.6 Å². The highest BCUT2D eigenvalue weighted by atomic mass is 19.1. The summed E-state index contributed by atoms with van der Waals surface area (Å²) in [7, 11) is 0. The Morgan fingerprint density at radius 1 is 1.15 bits per heavy atom. The average molecular weight is 272 g/mol. The number of likely N-dealkylation sites (tertiary alicyclic amines) is 1. The molecule has 0 N–H and O–H groups in total. The van der Waals surface area contributed by atoms with Gasteiger partial charge in [0.05, 0.1) is 11.6 Å². The van der Waals surface area contributed by atoms with Crippen LogP contribution in [0, 0.1) is 23.1 Å². The predicted molar refractivity (Wildman–Crippen MR) is 76.5 cm³/mol. The lowest BCUT2D eigenvalue weighted by atomic mass is 9.78. The molecule has 1 saturated heterocycles. The van der Waals surface area contributed by atoms with E-state index in [2.05, 4.69) is 4.90 Å². The summed E-state index contributed by atoms with van der Waals surface area (Å²) in [6.07, 6.45) is 7.94. The molecule has 1 aliphatic heterocycles. The summed E-state index contributed by atoms with van der Waals surface area (Å²) in [6, 6.07) is 7.43. The van der Waals surface area contributed by atoms with Gasteiger partial charge in [0.15, 0.2) is 0 Å². The van der Waals surface area contributed by atoms with Crippen molar-refractivity contribution in [1.29, 1.82) is 5.26 Å². The third kappa shape index (κ3) is 2.86. The van der Waals surface area contributed by atoms with Gasteiger partial charge in [-0.25, -0.2) is 4.39 Å². The Balaban J connectivity index is 1.76. The van der Waals surface area contributed by atoms with Crippen LogP contribution in [0.5, 0.6) is 0 Å². The van der Waals surface area contributed by atoms with Crippen LogP contribution in [0.1, 0.15) is 49.7 Å². The largest absolute Gasteiger partial charge is 0.296 e. The maximum atomic E-state index is 13.5. The highest BCUT2D eigenvalue weighted by Crippen LogP contribution is 2.35. The smallest absolute Gasteiger partial charge is 0.124 e. The first-order valence-electron chi connectivity index (χ1n) is 7.70. The molecule has 1 aromatic carbocycles. The lowest BCUT2D eigenvalue weighted by Crippen LogP contribution is -2.46. The molecule has 0 spiro atoms. The van der Waals surface area contributed by atoms with Gasteiger partial charge in [-0.05, 0) is 61.9 Å². The third-order valence-electron chi connectivity index (χ3n) is 4.83. The summed E-state index contributed by atoms with van der Waals surface area (Å²) in [5.41, 5.74) is 1.37. The Labute approximate surface area is 120 Å². The number of halogens is 1. The number of benzene rings is 1. The van der Waals surface area contributed by atoms with Crippen molar-refractivity contribution in [1.82, 2.24) is 4.90 Å². The summed E-state index contributed by atoms with van der Waals surface area (Å²) >= 11 is 0. The molecule has 0 amide bonds. The maximum absolute atomic E-state index is 13.5. The van der Waals surface area contributed by atoms with E-state index in [1.165, 1.54) is 44.6 Å². The molecule has 1 aliphatic carbocycles. The minimum atomic E-state index is -0.295. The van der Waals surface area contributed by atoms with Gasteiger partial charge >= 0.3 is 0 Å². The Morgan fingerprint density at radius 3 is 2.80 bits per heavy atom. The van der Waals surface area contributed by atoms with E-state index in [9.17, 15) is 4.39 Å². The zero-order chi connectivity index (χ0) is 13.9. The molecule has 2 atom stereocenters. The minimum absolute atomic E-state index is 0.295. The van der Waals surface area contributed by atoms with E-state index in [-0.39, 0.29) is 5.82 Å². The fraction of sp³-hybridized carbons (Fsp3) is 0.588. The minimum Gasteiger partial charge on any atom is -0.296 e. The van der Waals surface area contributed by atoms with Crippen molar-refractivity contribution in [3.8, 4) is 6.07 Å². The van der Waals surface area contributed by atoms with Crippen LogP contribution in [-0.2, 0) is 6.54 Å². The zero-order valence-electron chi connectivity index (χ0n) is 11.8. The molecule has 0 bridgehead atoms. The fourth-order valence-electron chi connectivity index (χ4n) is 3.96. The molecule has 2 fully saturated rings. The first-order valence-corrected chi connectivity index (χ1v) is 7.70. The van der Waals surface area contributed by atoms with Gasteiger partial charge in [0.25, 0.3) is 0 Å². The Kier molecular flexibility index (Phi) is 4.03. The van der Waals surface area contributed by atoms with Crippen molar-refractivity contribution in [2.75, 3.05) is 6.54 Å². The zero-order valence-corrected chi connectivity index (χ0v) is 11.8. The van der Waals surface area contributed by atoms with Crippen LogP contribution in [-0.4, -0.2) is 17.5 Å². The van der Waals surface area contributed by atoms with Gasteiger partial charge in [0.2, 0.25) is 0 Å².